The Hall–Kier alpha value is -1.22. The van der Waals surface area contributed by atoms with Gasteiger partial charge in [-0.1, -0.05) is 18.2 Å². The first kappa shape index (κ1) is 7.43. The number of ketones is 2. The van der Waals surface area contributed by atoms with E-state index in [4.69, 9.17) is 5.73 Å². The second-order valence-electron chi connectivity index (χ2n) is 3.08. The van der Waals surface area contributed by atoms with Gasteiger partial charge in [-0.25, -0.2) is 0 Å². The molecule has 3 heteroatoms. The molecule has 1 saturated carbocycles. The van der Waals surface area contributed by atoms with Crippen LogP contribution in [0.3, 0.4) is 0 Å². The van der Waals surface area contributed by atoms with Crippen molar-refractivity contribution in [3.63, 3.8) is 0 Å². The molecule has 0 aromatic carbocycles. The monoisotopic (exact) mass is 163 g/mol. The first-order chi connectivity index (χ1) is 5.72. The van der Waals surface area contributed by atoms with Crippen molar-refractivity contribution >= 4 is 11.6 Å². The van der Waals surface area contributed by atoms with Gasteiger partial charge < -0.3 is 5.73 Å². The van der Waals surface area contributed by atoms with E-state index in [1.54, 1.807) is 12.2 Å². The molecule has 0 aromatic heterocycles. The van der Waals surface area contributed by atoms with Gasteiger partial charge in [-0.15, -0.1) is 0 Å². The zero-order valence-corrected chi connectivity index (χ0v) is 6.49. The lowest BCUT2D eigenvalue weighted by atomic mass is 9.94. The lowest BCUT2D eigenvalue weighted by Gasteiger charge is -2.08. The molecule has 0 spiro atoms. The lowest BCUT2D eigenvalue weighted by molar-refractivity contribution is -0.124. The normalized spacial score (nSPS) is 33.6. The average molecular weight is 163 g/mol. The molecule has 2 N–H and O–H groups in total. The summed E-state index contributed by atoms with van der Waals surface area (Å²) in [6.45, 7) is 0. The number of nitrogens with two attached hydrogens (primary N) is 1. The summed E-state index contributed by atoms with van der Waals surface area (Å²) in [4.78, 5) is 22.6. The average Bonchev–Trinajstić information content (AvgIpc) is 2.33. The molecular weight excluding hydrogens is 154 g/mol. The standard InChI is InChI=1S/C9H9NO2/c10-7-8(11)5-3-1-2-4-6(5)9(7)12/h1-3,6-7H,4,10H2. The van der Waals surface area contributed by atoms with Crippen LogP contribution in [-0.4, -0.2) is 17.6 Å². The maximum atomic E-state index is 11.3. The number of carbonyl (C=O) groups excluding carboxylic acids is 2. The summed E-state index contributed by atoms with van der Waals surface area (Å²) >= 11 is 0. The van der Waals surface area contributed by atoms with Crippen LogP contribution in [0.2, 0.25) is 0 Å². The predicted molar refractivity (Wildman–Crippen MR) is 43.3 cm³/mol. The number of fused-ring (bicyclic) bond motifs is 1. The highest BCUT2D eigenvalue weighted by molar-refractivity contribution is 6.23. The van der Waals surface area contributed by atoms with Crippen molar-refractivity contribution in [2.24, 2.45) is 11.7 Å². The zero-order chi connectivity index (χ0) is 8.72. The molecule has 0 saturated heterocycles. The predicted octanol–water partition coefficient (Wildman–Crippen LogP) is -0.0320. The van der Waals surface area contributed by atoms with Crippen molar-refractivity contribution in [3.8, 4) is 0 Å². The minimum absolute atomic E-state index is 0.129. The molecule has 2 aliphatic carbocycles. The molecule has 0 aromatic rings. The minimum atomic E-state index is -0.902. The SMILES string of the molecule is NC1C(=O)C2=CC=CCC2C1=O. The Labute approximate surface area is 69.9 Å². The molecule has 12 heavy (non-hydrogen) atoms. The van der Waals surface area contributed by atoms with Gasteiger partial charge in [-0.2, -0.15) is 0 Å². The van der Waals surface area contributed by atoms with E-state index in [-0.39, 0.29) is 17.5 Å². The fourth-order valence-electron chi connectivity index (χ4n) is 1.68. The first-order valence-electron chi connectivity index (χ1n) is 3.92. The van der Waals surface area contributed by atoms with E-state index in [0.717, 1.165) is 0 Å². The zero-order valence-electron chi connectivity index (χ0n) is 6.49. The van der Waals surface area contributed by atoms with Gasteiger partial charge in [0.15, 0.2) is 11.6 Å². The maximum absolute atomic E-state index is 11.3. The van der Waals surface area contributed by atoms with Crippen molar-refractivity contribution in [2.45, 2.75) is 12.5 Å². The molecule has 62 valence electrons. The molecule has 2 atom stereocenters. The van der Waals surface area contributed by atoms with Gasteiger partial charge in [0.05, 0.1) is 5.92 Å². The van der Waals surface area contributed by atoms with Gasteiger partial charge in [-0.3, -0.25) is 9.59 Å². The van der Waals surface area contributed by atoms with Crippen LogP contribution >= 0.6 is 0 Å². The molecule has 2 aliphatic rings. The van der Waals surface area contributed by atoms with Gasteiger partial charge >= 0.3 is 0 Å². The van der Waals surface area contributed by atoms with Crippen molar-refractivity contribution in [3.05, 3.63) is 23.8 Å². The van der Waals surface area contributed by atoms with Crippen LogP contribution in [-0.2, 0) is 9.59 Å². The van der Waals surface area contributed by atoms with E-state index < -0.39 is 6.04 Å². The molecule has 1 fully saturated rings. The van der Waals surface area contributed by atoms with Gasteiger partial charge in [0.2, 0.25) is 0 Å². The molecule has 0 heterocycles. The number of hydrogen-bond donors (Lipinski definition) is 1. The van der Waals surface area contributed by atoms with Crippen LogP contribution in [0.5, 0.6) is 0 Å². The Morgan fingerprint density at radius 2 is 2.17 bits per heavy atom. The van der Waals surface area contributed by atoms with Gasteiger partial charge in [0, 0.05) is 5.57 Å². The molecular formula is C9H9NO2. The molecule has 2 rings (SSSR count). The Kier molecular flexibility index (Phi) is 1.48. The van der Waals surface area contributed by atoms with Crippen molar-refractivity contribution in [1.82, 2.24) is 0 Å². The number of rotatable bonds is 0. The quantitative estimate of drug-likeness (QED) is 0.510. The molecule has 0 aliphatic heterocycles. The number of Topliss-reactive ketones (excluding diaryl/α,β-unsaturated/α-hetero) is 2. The van der Waals surface area contributed by atoms with Crippen molar-refractivity contribution in [2.75, 3.05) is 0 Å². The van der Waals surface area contributed by atoms with Gasteiger partial charge in [-0.05, 0) is 6.42 Å². The summed E-state index contributed by atoms with van der Waals surface area (Å²) in [5.41, 5.74) is 6.01. The third-order valence-corrected chi connectivity index (χ3v) is 2.38. The van der Waals surface area contributed by atoms with E-state index in [2.05, 4.69) is 0 Å². The second kappa shape index (κ2) is 2.38. The van der Waals surface area contributed by atoms with Crippen LogP contribution in [0.1, 0.15) is 6.42 Å². The van der Waals surface area contributed by atoms with Crippen LogP contribution in [0, 0.1) is 5.92 Å². The van der Waals surface area contributed by atoms with E-state index >= 15 is 0 Å². The van der Waals surface area contributed by atoms with E-state index in [1.165, 1.54) is 0 Å². The number of allylic oxidation sites excluding steroid dienone is 3. The molecule has 0 radical (unpaired) electrons. The van der Waals surface area contributed by atoms with Crippen LogP contribution < -0.4 is 5.73 Å². The summed E-state index contributed by atoms with van der Waals surface area (Å²) in [5, 5.41) is 0. The maximum Gasteiger partial charge on any atom is 0.183 e. The summed E-state index contributed by atoms with van der Waals surface area (Å²) in [5.74, 6) is -0.581. The smallest absolute Gasteiger partial charge is 0.183 e. The number of carbonyl (C=O) groups is 2. The van der Waals surface area contributed by atoms with E-state index in [0.29, 0.717) is 12.0 Å². The fraction of sp³-hybridized carbons (Fsp3) is 0.333. The van der Waals surface area contributed by atoms with E-state index in [9.17, 15) is 9.59 Å². The minimum Gasteiger partial charge on any atom is -0.315 e. The molecule has 0 amide bonds. The Bertz CT molecular complexity index is 314. The van der Waals surface area contributed by atoms with Crippen LogP contribution in [0.4, 0.5) is 0 Å². The largest absolute Gasteiger partial charge is 0.315 e. The Morgan fingerprint density at radius 1 is 1.42 bits per heavy atom. The third-order valence-electron chi connectivity index (χ3n) is 2.38. The molecule has 0 bridgehead atoms. The fourth-order valence-corrected chi connectivity index (χ4v) is 1.68. The third kappa shape index (κ3) is 0.800. The highest BCUT2D eigenvalue weighted by atomic mass is 16.2. The van der Waals surface area contributed by atoms with Crippen LogP contribution in [0.15, 0.2) is 23.8 Å². The summed E-state index contributed by atoms with van der Waals surface area (Å²) in [7, 11) is 0. The molecule has 3 nitrogen and oxygen atoms in total. The summed E-state index contributed by atoms with van der Waals surface area (Å²) in [6.07, 6.45) is 6.01. The van der Waals surface area contributed by atoms with Crippen molar-refractivity contribution in [1.29, 1.82) is 0 Å². The Morgan fingerprint density at radius 3 is 2.83 bits per heavy atom. The highest BCUT2D eigenvalue weighted by Gasteiger charge is 2.42. The molecule has 2 unspecified atom stereocenters. The second-order valence-corrected chi connectivity index (χ2v) is 3.08. The highest BCUT2D eigenvalue weighted by Crippen LogP contribution is 2.29. The summed E-state index contributed by atoms with van der Waals surface area (Å²) in [6, 6.07) is -0.902. The van der Waals surface area contributed by atoms with E-state index in [1.807, 2.05) is 6.08 Å². The van der Waals surface area contributed by atoms with Gasteiger partial charge in [0.1, 0.15) is 6.04 Å². The summed E-state index contributed by atoms with van der Waals surface area (Å²) < 4.78 is 0. The van der Waals surface area contributed by atoms with Crippen molar-refractivity contribution < 1.29 is 9.59 Å². The lowest BCUT2D eigenvalue weighted by Crippen LogP contribution is -2.32. The van der Waals surface area contributed by atoms with Gasteiger partial charge in [0.25, 0.3) is 0 Å². The Balaban J connectivity index is 2.44. The van der Waals surface area contributed by atoms with Crippen LogP contribution in [0.25, 0.3) is 0 Å². The number of hydrogen-bond acceptors (Lipinski definition) is 3. The first-order valence-corrected chi connectivity index (χ1v) is 3.92. The topological polar surface area (TPSA) is 60.2 Å².